The van der Waals surface area contributed by atoms with Crippen molar-refractivity contribution in [1.29, 1.82) is 0 Å². The number of amides is 1. The molecule has 0 aliphatic carbocycles. The van der Waals surface area contributed by atoms with Crippen LogP contribution in [0.1, 0.15) is 19.8 Å². The molecule has 1 amide bonds. The number of anilines is 1. The zero-order chi connectivity index (χ0) is 11.1. The summed E-state index contributed by atoms with van der Waals surface area (Å²) in [6, 6.07) is 0. The number of thiazole rings is 1. The summed E-state index contributed by atoms with van der Waals surface area (Å²) in [5, 5.41) is 3.31. The highest BCUT2D eigenvalue weighted by molar-refractivity contribution is 9.11. The zero-order valence-electron chi connectivity index (χ0n) is 8.46. The zero-order valence-corrected chi connectivity index (χ0v) is 10.9. The molecule has 4 nitrogen and oxygen atoms in total. The van der Waals surface area contributed by atoms with Crippen molar-refractivity contribution in [3.63, 3.8) is 0 Å². The average Bonchev–Trinajstić information content (AvgIpc) is 2.59. The molecule has 0 spiro atoms. The molecule has 84 valence electrons. The molecule has 0 radical (unpaired) electrons. The molecule has 1 aromatic rings. The van der Waals surface area contributed by atoms with E-state index in [1.165, 1.54) is 11.3 Å². The Morgan fingerprint density at radius 2 is 2.47 bits per heavy atom. The quantitative estimate of drug-likeness (QED) is 0.820. The normalized spacial score (nSPS) is 10.3. The van der Waals surface area contributed by atoms with Crippen LogP contribution in [0.2, 0.25) is 0 Å². The predicted octanol–water partition coefficient (Wildman–Crippen LogP) is 2.66. The van der Waals surface area contributed by atoms with Crippen molar-refractivity contribution >= 4 is 38.3 Å². The number of aromatic nitrogens is 1. The van der Waals surface area contributed by atoms with E-state index in [9.17, 15) is 4.79 Å². The van der Waals surface area contributed by atoms with Crippen LogP contribution in [0.3, 0.4) is 0 Å². The third-order valence-electron chi connectivity index (χ3n) is 1.55. The van der Waals surface area contributed by atoms with E-state index in [4.69, 9.17) is 4.74 Å². The van der Waals surface area contributed by atoms with Crippen LogP contribution in [0.4, 0.5) is 5.13 Å². The van der Waals surface area contributed by atoms with Gasteiger partial charge in [0, 0.05) is 6.61 Å². The second-order valence-electron chi connectivity index (χ2n) is 2.88. The Morgan fingerprint density at radius 1 is 1.67 bits per heavy atom. The van der Waals surface area contributed by atoms with Crippen molar-refractivity contribution in [3.05, 3.63) is 9.98 Å². The third kappa shape index (κ3) is 5.25. The van der Waals surface area contributed by atoms with E-state index in [1.54, 1.807) is 6.20 Å². The summed E-state index contributed by atoms with van der Waals surface area (Å²) in [6.45, 7) is 3.20. The van der Waals surface area contributed by atoms with Crippen LogP contribution >= 0.6 is 27.3 Å². The SMILES string of the molecule is CCCOCCC(=O)Nc1ncc(Br)s1. The first-order valence-electron chi connectivity index (χ1n) is 4.71. The van der Waals surface area contributed by atoms with Gasteiger partial charge < -0.3 is 10.1 Å². The molecule has 0 atom stereocenters. The molecule has 1 aromatic heterocycles. The van der Waals surface area contributed by atoms with Gasteiger partial charge in [0.2, 0.25) is 5.91 Å². The first-order valence-corrected chi connectivity index (χ1v) is 6.32. The lowest BCUT2D eigenvalue weighted by molar-refractivity contribution is -0.117. The first-order chi connectivity index (χ1) is 7.22. The van der Waals surface area contributed by atoms with Gasteiger partial charge in [-0.25, -0.2) is 4.98 Å². The summed E-state index contributed by atoms with van der Waals surface area (Å²) in [5.41, 5.74) is 0. The van der Waals surface area contributed by atoms with Crippen LogP contribution in [0.15, 0.2) is 9.98 Å². The van der Waals surface area contributed by atoms with E-state index >= 15 is 0 Å². The van der Waals surface area contributed by atoms with Crippen molar-refractivity contribution in [2.24, 2.45) is 0 Å². The number of carbonyl (C=O) groups excluding carboxylic acids is 1. The van der Waals surface area contributed by atoms with E-state index in [1.807, 2.05) is 6.92 Å². The predicted molar refractivity (Wildman–Crippen MR) is 64.2 cm³/mol. The lowest BCUT2D eigenvalue weighted by atomic mass is 10.4. The Balaban J connectivity index is 2.18. The van der Waals surface area contributed by atoms with Crippen LogP contribution in [0, 0.1) is 0 Å². The molecule has 0 saturated carbocycles. The van der Waals surface area contributed by atoms with Crippen LogP contribution in [-0.2, 0) is 9.53 Å². The molecule has 0 unspecified atom stereocenters. The summed E-state index contributed by atoms with van der Waals surface area (Å²) in [6.07, 6.45) is 3.01. The summed E-state index contributed by atoms with van der Waals surface area (Å²) < 4.78 is 6.11. The summed E-state index contributed by atoms with van der Waals surface area (Å²) >= 11 is 4.67. The number of ether oxygens (including phenoxy) is 1. The molecule has 0 aliphatic rings. The van der Waals surface area contributed by atoms with Crippen molar-refractivity contribution < 1.29 is 9.53 Å². The lowest BCUT2D eigenvalue weighted by Gasteiger charge is -2.02. The van der Waals surface area contributed by atoms with Crippen LogP contribution in [0.5, 0.6) is 0 Å². The van der Waals surface area contributed by atoms with Gasteiger partial charge >= 0.3 is 0 Å². The standard InChI is InChI=1S/C9H13BrN2O2S/c1-2-4-14-5-3-8(13)12-9-11-6-7(10)15-9/h6H,2-5H2,1H3,(H,11,12,13). The molecule has 15 heavy (non-hydrogen) atoms. The van der Waals surface area contributed by atoms with Crippen molar-refractivity contribution in [3.8, 4) is 0 Å². The van der Waals surface area contributed by atoms with E-state index in [0.29, 0.717) is 24.8 Å². The van der Waals surface area contributed by atoms with E-state index < -0.39 is 0 Å². The summed E-state index contributed by atoms with van der Waals surface area (Å²) in [4.78, 5) is 15.3. The monoisotopic (exact) mass is 292 g/mol. The van der Waals surface area contributed by atoms with Crippen molar-refractivity contribution in [1.82, 2.24) is 4.98 Å². The molecule has 6 heteroatoms. The molecule has 0 fully saturated rings. The largest absolute Gasteiger partial charge is 0.381 e. The minimum atomic E-state index is -0.0621. The van der Waals surface area contributed by atoms with Gasteiger partial charge in [-0.15, -0.1) is 0 Å². The smallest absolute Gasteiger partial charge is 0.228 e. The number of halogens is 1. The molecular weight excluding hydrogens is 280 g/mol. The Hall–Kier alpha value is -0.460. The Bertz CT molecular complexity index is 317. The molecule has 0 aliphatic heterocycles. The van der Waals surface area contributed by atoms with Crippen LogP contribution in [0.25, 0.3) is 0 Å². The third-order valence-corrected chi connectivity index (χ3v) is 2.94. The highest BCUT2D eigenvalue weighted by atomic mass is 79.9. The van der Waals surface area contributed by atoms with E-state index in [2.05, 4.69) is 26.2 Å². The van der Waals surface area contributed by atoms with Gasteiger partial charge in [0.25, 0.3) is 0 Å². The fraction of sp³-hybridized carbons (Fsp3) is 0.556. The van der Waals surface area contributed by atoms with Gasteiger partial charge in [0.05, 0.1) is 23.0 Å². The van der Waals surface area contributed by atoms with Gasteiger partial charge in [-0.2, -0.15) is 0 Å². The molecule has 1 rings (SSSR count). The number of hydrogen-bond acceptors (Lipinski definition) is 4. The van der Waals surface area contributed by atoms with Gasteiger partial charge in [-0.05, 0) is 22.4 Å². The number of nitrogens with one attached hydrogen (secondary N) is 1. The summed E-state index contributed by atoms with van der Waals surface area (Å²) in [7, 11) is 0. The fourth-order valence-corrected chi connectivity index (χ4v) is 2.03. The van der Waals surface area contributed by atoms with E-state index in [0.717, 1.165) is 10.2 Å². The fourth-order valence-electron chi connectivity index (χ4n) is 0.905. The van der Waals surface area contributed by atoms with Gasteiger partial charge in [0.15, 0.2) is 5.13 Å². The molecule has 0 saturated heterocycles. The summed E-state index contributed by atoms with van der Waals surface area (Å²) in [5.74, 6) is -0.0621. The van der Waals surface area contributed by atoms with Gasteiger partial charge in [-0.1, -0.05) is 18.3 Å². The van der Waals surface area contributed by atoms with Crippen molar-refractivity contribution in [2.75, 3.05) is 18.5 Å². The Kier molecular flexibility index (Phi) is 5.82. The lowest BCUT2D eigenvalue weighted by Crippen LogP contribution is -2.14. The topological polar surface area (TPSA) is 51.2 Å². The highest BCUT2D eigenvalue weighted by Gasteiger charge is 2.05. The molecule has 1 N–H and O–H groups in total. The molecule has 1 heterocycles. The molecule has 0 bridgehead atoms. The second-order valence-corrected chi connectivity index (χ2v) is 5.29. The maximum atomic E-state index is 11.3. The highest BCUT2D eigenvalue weighted by Crippen LogP contribution is 2.22. The molecular formula is C9H13BrN2O2S. The maximum Gasteiger partial charge on any atom is 0.228 e. The molecule has 0 aromatic carbocycles. The van der Waals surface area contributed by atoms with Crippen molar-refractivity contribution in [2.45, 2.75) is 19.8 Å². The number of nitrogens with zero attached hydrogens (tertiary/aromatic N) is 1. The van der Waals surface area contributed by atoms with Gasteiger partial charge in [-0.3, -0.25) is 4.79 Å². The van der Waals surface area contributed by atoms with Crippen LogP contribution < -0.4 is 5.32 Å². The number of hydrogen-bond donors (Lipinski definition) is 1. The Morgan fingerprint density at radius 3 is 3.07 bits per heavy atom. The maximum absolute atomic E-state index is 11.3. The van der Waals surface area contributed by atoms with E-state index in [-0.39, 0.29) is 5.91 Å². The Labute approximate surface area is 101 Å². The average molecular weight is 293 g/mol. The van der Waals surface area contributed by atoms with Gasteiger partial charge in [0.1, 0.15) is 0 Å². The second kappa shape index (κ2) is 6.92. The van der Waals surface area contributed by atoms with Crippen LogP contribution in [-0.4, -0.2) is 24.1 Å². The number of carbonyl (C=O) groups is 1. The number of rotatable bonds is 6. The first kappa shape index (κ1) is 12.6. The minimum Gasteiger partial charge on any atom is -0.381 e. The minimum absolute atomic E-state index is 0.0621.